The molecule has 158 valence electrons. The van der Waals surface area contributed by atoms with Gasteiger partial charge in [-0.2, -0.15) is 0 Å². The Kier molecular flexibility index (Phi) is 4.18. The minimum absolute atomic E-state index is 0.0217. The van der Waals surface area contributed by atoms with E-state index in [1.807, 2.05) is 19.9 Å². The highest BCUT2D eigenvalue weighted by molar-refractivity contribution is 6.01. The number of fused-ring (bicyclic) bond motifs is 4. The van der Waals surface area contributed by atoms with Crippen LogP contribution in [0.25, 0.3) is 10.9 Å². The Balaban J connectivity index is 1.73. The van der Waals surface area contributed by atoms with Crippen LogP contribution in [-0.4, -0.2) is 29.4 Å². The highest BCUT2D eigenvalue weighted by Crippen LogP contribution is 2.48. The Bertz CT molecular complexity index is 1320. The Morgan fingerprint density at radius 2 is 1.90 bits per heavy atom. The van der Waals surface area contributed by atoms with E-state index in [2.05, 4.69) is 4.98 Å². The molecule has 2 aliphatic rings. The van der Waals surface area contributed by atoms with Gasteiger partial charge in [-0.05, 0) is 49.6 Å². The maximum atomic E-state index is 13.1. The lowest BCUT2D eigenvalue weighted by Crippen LogP contribution is -2.37. The van der Waals surface area contributed by atoms with Crippen molar-refractivity contribution in [3.8, 4) is 17.2 Å². The summed E-state index contributed by atoms with van der Waals surface area (Å²) in [7, 11) is 1.56. The van der Waals surface area contributed by atoms with Crippen molar-refractivity contribution < 1.29 is 23.8 Å². The minimum Gasteiger partial charge on any atom is -0.497 e. The van der Waals surface area contributed by atoms with Gasteiger partial charge in [-0.1, -0.05) is 0 Å². The number of esters is 1. The number of benzene rings is 2. The second-order valence-electron chi connectivity index (χ2n) is 8.55. The predicted molar refractivity (Wildman–Crippen MR) is 113 cm³/mol. The third-order valence-electron chi connectivity index (χ3n) is 5.82. The van der Waals surface area contributed by atoms with E-state index in [-0.39, 0.29) is 24.2 Å². The molecular formula is C24H21NO6. The van der Waals surface area contributed by atoms with Crippen LogP contribution < -0.4 is 19.8 Å². The fourth-order valence-corrected chi connectivity index (χ4v) is 4.41. The van der Waals surface area contributed by atoms with Crippen molar-refractivity contribution in [2.45, 2.75) is 38.2 Å². The number of nitrogens with one attached hydrogen (secondary N) is 1. The fraction of sp³-hybridized carbons (Fsp3) is 0.292. The summed E-state index contributed by atoms with van der Waals surface area (Å²) in [6.07, 6.45) is 0.230. The molecule has 3 aromatic rings. The highest BCUT2D eigenvalue weighted by Gasteiger charge is 2.40. The number of aromatic amines is 1. The van der Waals surface area contributed by atoms with Gasteiger partial charge < -0.3 is 19.2 Å². The van der Waals surface area contributed by atoms with Gasteiger partial charge in [0.1, 0.15) is 22.8 Å². The highest BCUT2D eigenvalue weighted by atomic mass is 16.5. The van der Waals surface area contributed by atoms with Gasteiger partial charge in [0, 0.05) is 23.1 Å². The molecular weight excluding hydrogens is 398 g/mol. The van der Waals surface area contributed by atoms with Crippen LogP contribution in [-0.2, 0) is 4.79 Å². The average molecular weight is 419 g/mol. The van der Waals surface area contributed by atoms with E-state index in [9.17, 15) is 14.4 Å². The summed E-state index contributed by atoms with van der Waals surface area (Å²) in [5, 5.41) is 0.804. The van der Waals surface area contributed by atoms with Crippen LogP contribution in [0.15, 0.2) is 41.2 Å². The summed E-state index contributed by atoms with van der Waals surface area (Å²) in [6.45, 7) is 3.68. The zero-order valence-corrected chi connectivity index (χ0v) is 17.4. The quantitative estimate of drug-likeness (QED) is 0.503. The van der Waals surface area contributed by atoms with Crippen LogP contribution in [0.5, 0.6) is 17.2 Å². The molecule has 0 saturated carbocycles. The number of carbonyl (C=O) groups excluding carboxylic acids is 2. The second kappa shape index (κ2) is 6.70. The largest absolute Gasteiger partial charge is 0.497 e. The maximum absolute atomic E-state index is 13.1. The lowest BCUT2D eigenvalue weighted by Gasteiger charge is -2.36. The van der Waals surface area contributed by atoms with Crippen molar-refractivity contribution in [2.24, 2.45) is 0 Å². The van der Waals surface area contributed by atoms with E-state index >= 15 is 0 Å². The van der Waals surface area contributed by atoms with Gasteiger partial charge in [0.05, 0.1) is 31.0 Å². The number of hydrogen-bond acceptors (Lipinski definition) is 6. The normalized spacial score (nSPS) is 19.3. The first-order valence-corrected chi connectivity index (χ1v) is 10.1. The molecule has 0 amide bonds. The zero-order chi connectivity index (χ0) is 21.9. The lowest BCUT2D eigenvalue weighted by atomic mass is 9.82. The van der Waals surface area contributed by atoms with Gasteiger partial charge in [0.2, 0.25) is 0 Å². The van der Waals surface area contributed by atoms with Gasteiger partial charge in [-0.15, -0.1) is 0 Å². The summed E-state index contributed by atoms with van der Waals surface area (Å²) in [6, 6.07) is 10.4. The van der Waals surface area contributed by atoms with Crippen molar-refractivity contribution >= 4 is 22.7 Å². The van der Waals surface area contributed by atoms with Gasteiger partial charge in [0.25, 0.3) is 5.56 Å². The van der Waals surface area contributed by atoms with Crippen molar-refractivity contribution in [2.75, 3.05) is 7.11 Å². The molecule has 0 aliphatic carbocycles. The molecule has 0 fully saturated rings. The molecule has 1 aromatic heterocycles. The monoisotopic (exact) mass is 419 g/mol. The molecule has 5 rings (SSSR count). The van der Waals surface area contributed by atoms with Crippen molar-refractivity contribution in [3.05, 3.63) is 63.4 Å². The van der Waals surface area contributed by atoms with Crippen molar-refractivity contribution in [1.82, 2.24) is 4.98 Å². The number of Topliss-reactive ketones (excluding diaryl/α,β-unsaturated/α-hetero) is 1. The first-order chi connectivity index (χ1) is 14.8. The molecule has 2 aliphatic heterocycles. The Labute approximate surface area is 177 Å². The molecule has 1 atom stereocenters. The van der Waals surface area contributed by atoms with Crippen LogP contribution >= 0.6 is 0 Å². The molecule has 1 N–H and O–H groups in total. The number of hydrogen-bond donors (Lipinski definition) is 1. The first-order valence-electron chi connectivity index (χ1n) is 10.1. The number of carbonyl (C=O) groups is 2. The third kappa shape index (κ3) is 3.17. The minimum atomic E-state index is -0.697. The number of methoxy groups -OCH3 is 1. The number of aromatic nitrogens is 1. The van der Waals surface area contributed by atoms with E-state index in [0.717, 1.165) is 5.39 Å². The van der Waals surface area contributed by atoms with Gasteiger partial charge in [-0.25, -0.2) is 0 Å². The van der Waals surface area contributed by atoms with Crippen LogP contribution in [0.4, 0.5) is 0 Å². The average Bonchev–Trinajstić information content (AvgIpc) is 2.71. The molecule has 0 saturated heterocycles. The van der Waals surface area contributed by atoms with Crippen LogP contribution in [0, 0.1) is 0 Å². The fourth-order valence-electron chi connectivity index (χ4n) is 4.41. The molecule has 0 bridgehead atoms. The molecule has 7 heteroatoms. The Morgan fingerprint density at radius 1 is 1.10 bits per heavy atom. The number of pyridine rings is 1. The summed E-state index contributed by atoms with van der Waals surface area (Å²) in [4.78, 5) is 41.0. The third-order valence-corrected chi connectivity index (χ3v) is 5.82. The van der Waals surface area contributed by atoms with E-state index in [0.29, 0.717) is 39.5 Å². The predicted octanol–water partition coefficient (Wildman–Crippen LogP) is 3.72. The molecule has 7 nitrogen and oxygen atoms in total. The molecule has 1 unspecified atom stereocenters. The molecule has 3 heterocycles. The first kappa shape index (κ1) is 19.4. The zero-order valence-electron chi connectivity index (χ0n) is 17.4. The summed E-state index contributed by atoms with van der Waals surface area (Å²) in [5.41, 5.74) is 1.06. The topological polar surface area (TPSA) is 94.7 Å². The SMILES string of the molecule is COc1ccc2cc(C3CC(=O)Oc4ccc5c(c43)OC(C)(C)CC5=O)c(=O)[nH]c2c1. The lowest BCUT2D eigenvalue weighted by molar-refractivity contribution is -0.135. The van der Waals surface area contributed by atoms with Crippen molar-refractivity contribution in [1.29, 1.82) is 0 Å². The van der Waals surface area contributed by atoms with Gasteiger partial charge >= 0.3 is 5.97 Å². The smallest absolute Gasteiger partial charge is 0.312 e. The Hall–Kier alpha value is -3.61. The number of rotatable bonds is 2. The molecule has 2 aromatic carbocycles. The standard InChI is InChI=1S/C24H21NO6/c1-24(2)11-18(26)14-6-7-19-21(22(14)31-24)15(10-20(27)30-19)16-8-12-4-5-13(29-3)9-17(12)25-23(16)28/h4-9,15H,10-11H2,1-3H3,(H,25,28). The summed E-state index contributed by atoms with van der Waals surface area (Å²) in [5.74, 6) is 0.274. The van der Waals surface area contributed by atoms with Crippen LogP contribution in [0.3, 0.4) is 0 Å². The Morgan fingerprint density at radius 3 is 2.68 bits per heavy atom. The van der Waals surface area contributed by atoms with Crippen molar-refractivity contribution in [3.63, 3.8) is 0 Å². The maximum Gasteiger partial charge on any atom is 0.312 e. The van der Waals surface area contributed by atoms with E-state index in [1.165, 1.54) is 0 Å². The number of ketones is 1. The second-order valence-corrected chi connectivity index (χ2v) is 8.55. The number of H-pyrrole nitrogens is 1. The van der Waals surface area contributed by atoms with E-state index in [1.54, 1.807) is 37.4 Å². The van der Waals surface area contributed by atoms with Gasteiger partial charge in [0.15, 0.2) is 5.78 Å². The summed E-state index contributed by atoms with van der Waals surface area (Å²) < 4.78 is 16.9. The molecule has 0 radical (unpaired) electrons. The van der Waals surface area contributed by atoms with Crippen LogP contribution in [0.2, 0.25) is 0 Å². The van der Waals surface area contributed by atoms with E-state index in [4.69, 9.17) is 14.2 Å². The number of ether oxygens (including phenoxy) is 3. The summed E-state index contributed by atoms with van der Waals surface area (Å²) >= 11 is 0. The van der Waals surface area contributed by atoms with Crippen LogP contribution in [0.1, 0.15) is 54.1 Å². The van der Waals surface area contributed by atoms with Gasteiger partial charge in [-0.3, -0.25) is 14.4 Å². The molecule has 0 spiro atoms. The van der Waals surface area contributed by atoms with E-state index < -0.39 is 17.5 Å². The molecule has 31 heavy (non-hydrogen) atoms.